The second-order valence-electron chi connectivity index (χ2n) is 6.41. The molecule has 0 radical (unpaired) electrons. The first kappa shape index (κ1) is 13.9. The molecule has 2 fully saturated rings. The van der Waals surface area contributed by atoms with E-state index in [0.29, 0.717) is 6.04 Å². The molecule has 2 heterocycles. The molecule has 0 amide bonds. The topological polar surface area (TPSA) is 38.5 Å². The summed E-state index contributed by atoms with van der Waals surface area (Å²) in [5.41, 5.74) is 8.78. The van der Waals surface area contributed by atoms with E-state index in [4.69, 9.17) is 10.5 Å². The van der Waals surface area contributed by atoms with Gasteiger partial charge in [0.25, 0.3) is 0 Å². The summed E-state index contributed by atoms with van der Waals surface area (Å²) >= 11 is 0. The molecule has 2 saturated heterocycles. The molecule has 1 aromatic carbocycles. The molecule has 20 heavy (non-hydrogen) atoms. The van der Waals surface area contributed by atoms with Gasteiger partial charge in [0.1, 0.15) is 5.75 Å². The third-order valence-corrected chi connectivity index (χ3v) is 5.04. The van der Waals surface area contributed by atoms with Crippen molar-refractivity contribution in [3.8, 4) is 5.75 Å². The van der Waals surface area contributed by atoms with Crippen LogP contribution in [0.4, 0.5) is 0 Å². The lowest BCUT2D eigenvalue weighted by atomic mass is 9.97. The van der Waals surface area contributed by atoms with Gasteiger partial charge in [0.15, 0.2) is 0 Å². The molecule has 0 aliphatic carbocycles. The van der Waals surface area contributed by atoms with Gasteiger partial charge in [-0.1, -0.05) is 12.1 Å². The normalized spacial score (nSPS) is 29.6. The molecule has 2 bridgehead atoms. The Morgan fingerprint density at radius 3 is 2.55 bits per heavy atom. The highest BCUT2D eigenvalue weighted by Crippen LogP contribution is 2.35. The molecule has 2 aliphatic rings. The van der Waals surface area contributed by atoms with Crippen molar-refractivity contribution in [3.05, 3.63) is 29.3 Å². The van der Waals surface area contributed by atoms with Gasteiger partial charge < -0.3 is 10.5 Å². The predicted octanol–water partition coefficient (Wildman–Crippen LogP) is 2.50. The van der Waals surface area contributed by atoms with Crippen LogP contribution in [-0.4, -0.2) is 36.7 Å². The molecule has 3 rings (SSSR count). The van der Waals surface area contributed by atoms with Crippen molar-refractivity contribution >= 4 is 0 Å². The second-order valence-corrected chi connectivity index (χ2v) is 6.41. The summed E-state index contributed by atoms with van der Waals surface area (Å²) < 4.78 is 5.33. The van der Waals surface area contributed by atoms with Crippen molar-refractivity contribution in [2.24, 2.45) is 5.73 Å². The highest BCUT2D eigenvalue weighted by Gasteiger charge is 2.38. The first-order chi connectivity index (χ1) is 9.67. The van der Waals surface area contributed by atoms with Gasteiger partial charge in [-0.05, 0) is 56.2 Å². The molecule has 0 spiro atoms. The lowest BCUT2D eigenvalue weighted by Crippen LogP contribution is -2.48. The standard InChI is InChI=1S/C17H26N2O/c1-12-9-13(3-6-17(12)20-2)7-8-19-15-4-5-16(19)11-14(18)10-15/h3,6,9,14-16H,4-5,7-8,10-11,18H2,1-2H3. The van der Waals surface area contributed by atoms with E-state index in [1.807, 2.05) is 0 Å². The Kier molecular flexibility index (Phi) is 3.99. The number of aryl methyl sites for hydroxylation is 1. The summed E-state index contributed by atoms with van der Waals surface area (Å²) in [5.74, 6) is 0.984. The van der Waals surface area contributed by atoms with Gasteiger partial charge in [-0.15, -0.1) is 0 Å². The van der Waals surface area contributed by atoms with Gasteiger partial charge in [0, 0.05) is 24.7 Å². The predicted molar refractivity (Wildman–Crippen MR) is 82.2 cm³/mol. The summed E-state index contributed by atoms with van der Waals surface area (Å²) in [4.78, 5) is 2.71. The average Bonchev–Trinajstić information content (AvgIpc) is 2.67. The number of piperidine rings is 1. The maximum atomic E-state index is 6.14. The number of ether oxygens (including phenoxy) is 1. The first-order valence-corrected chi connectivity index (χ1v) is 7.82. The quantitative estimate of drug-likeness (QED) is 0.917. The molecule has 0 aromatic heterocycles. The number of methoxy groups -OCH3 is 1. The van der Waals surface area contributed by atoms with E-state index in [1.54, 1.807) is 7.11 Å². The van der Waals surface area contributed by atoms with Gasteiger partial charge in [-0.3, -0.25) is 4.90 Å². The van der Waals surface area contributed by atoms with Crippen molar-refractivity contribution in [2.45, 2.75) is 57.2 Å². The number of benzene rings is 1. The summed E-state index contributed by atoms with van der Waals surface area (Å²) in [7, 11) is 1.73. The highest BCUT2D eigenvalue weighted by atomic mass is 16.5. The number of hydrogen-bond donors (Lipinski definition) is 1. The molecule has 2 aliphatic heterocycles. The maximum Gasteiger partial charge on any atom is 0.121 e. The smallest absolute Gasteiger partial charge is 0.121 e. The third kappa shape index (κ3) is 2.70. The molecule has 1 aromatic rings. The van der Waals surface area contributed by atoms with Crippen LogP contribution in [0.15, 0.2) is 18.2 Å². The van der Waals surface area contributed by atoms with Gasteiger partial charge in [0.05, 0.1) is 7.11 Å². The first-order valence-electron chi connectivity index (χ1n) is 7.82. The number of hydrogen-bond acceptors (Lipinski definition) is 3. The lowest BCUT2D eigenvalue weighted by Gasteiger charge is -2.37. The minimum atomic E-state index is 0.437. The van der Waals surface area contributed by atoms with Crippen molar-refractivity contribution in [1.29, 1.82) is 0 Å². The summed E-state index contributed by atoms with van der Waals surface area (Å²) in [6, 6.07) is 8.46. The van der Waals surface area contributed by atoms with Crippen LogP contribution in [0, 0.1) is 6.92 Å². The van der Waals surface area contributed by atoms with Crippen LogP contribution >= 0.6 is 0 Å². The number of nitrogens with two attached hydrogens (primary N) is 1. The van der Waals surface area contributed by atoms with E-state index in [9.17, 15) is 0 Å². The van der Waals surface area contributed by atoms with Crippen LogP contribution in [-0.2, 0) is 6.42 Å². The van der Waals surface area contributed by atoms with E-state index < -0.39 is 0 Å². The zero-order chi connectivity index (χ0) is 14.1. The zero-order valence-corrected chi connectivity index (χ0v) is 12.6. The van der Waals surface area contributed by atoms with E-state index in [0.717, 1.165) is 24.3 Å². The maximum absolute atomic E-state index is 6.14. The molecule has 2 unspecified atom stereocenters. The Morgan fingerprint density at radius 2 is 1.95 bits per heavy atom. The fourth-order valence-corrected chi connectivity index (χ4v) is 4.04. The summed E-state index contributed by atoms with van der Waals surface area (Å²) in [5, 5.41) is 0. The summed E-state index contributed by atoms with van der Waals surface area (Å²) in [6.45, 7) is 3.29. The molecule has 3 nitrogen and oxygen atoms in total. The lowest BCUT2D eigenvalue weighted by molar-refractivity contribution is 0.129. The SMILES string of the molecule is COc1ccc(CCN2C3CCC2CC(N)C3)cc1C. The summed E-state index contributed by atoms with van der Waals surface area (Å²) in [6.07, 6.45) is 6.21. The van der Waals surface area contributed by atoms with Gasteiger partial charge in [-0.25, -0.2) is 0 Å². The minimum Gasteiger partial charge on any atom is -0.496 e. The number of rotatable bonds is 4. The third-order valence-electron chi connectivity index (χ3n) is 5.04. The number of nitrogens with zero attached hydrogens (tertiary/aromatic N) is 1. The van der Waals surface area contributed by atoms with Crippen molar-refractivity contribution in [3.63, 3.8) is 0 Å². The zero-order valence-electron chi connectivity index (χ0n) is 12.6. The number of fused-ring (bicyclic) bond motifs is 2. The van der Waals surface area contributed by atoms with Gasteiger partial charge >= 0.3 is 0 Å². The van der Waals surface area contributed by atoms with Gasteiger partial charge in [-0.2, -0.15) is 0 Å². The Morgan fingerprint density at radius 1 is 1.25 bits per heavy atom. The van der Waals surface area contributed by atoms with Crippen molar-refractivity contribution in [1.82, 2.24) is 4.90 Å². The van der Waals surface area contributed by atoms with Crippen LogP contribution in [0.25, 0.3) is 0 Å². The monoisotopic (exact) mass is 274 g/mol. The van der Waals surface area contributed by atoms with E-state index in [2.05, 4.69) is 30.0 Å². The molecule has 0 saturated carbocycles. The van der Waals surface area contributed by atoms with Crippen LogP contribution < -0.4 is 10.5 Å². The molecule has 3 heteroatoms. The van der Waals surface area contributed by atoms with E-state index in [1.165, 1.54) is 43.4 Å². The van der Waals surface area contributed by atoms with Crippen molar-refractivity contribution < 1.29 is 4.74 Å². The Hall–Kier alpha value is -1.06. The fourth-order valence-electron chi connectivity index (χ4n) is 4.04. The average molecular weight is 274 g/mol. The Bertz CT molecular complexity index is 460. The molecular weight excluding hydrogens is 248 g/mol. The second kappa shape index (κ2) is 5.74. The van der Waals surface area contributed by atoms with E-state index >= 15 is 0 Å². The Balaban J connectivity index is 1.61. The van der Waals surface area contributed by atoms with Crippen LogP contribution in [0.3, 0.4) is 0 Å². The van der Waals surface area contributed by atoms with Crippen molar-refractivity contribution in [2.75, 3.05) is 13.7 Å². The van der Waals surface area contributed by atoms with E-state index in [-0.39, 0.29) is 0 Å². The van der Waals surface area contributed by atoms with Crippen LogP contribution in [0.5, 0.6) is 5.75 Å². The molecule has 2 atom stereocenters. The van der Waals surface area contributed by atoms with Gasteiger partial charge in [0.2, 0.25) is 0 Å². The van der Waals surface area contributed by atoms with Crippen LogP contribution in [0.2, 0.25) is 0 Å². The fraction of sp³-hybridized carbons (Fsp3) is 0.647. The highest BCUT2D eigenvalue weighted by molar-refractivity contribution is 5.36. The molecular formula is C17H26N2O. The largest absolute Gasteiger partial charge is 0.496 e. The Labute approximate surface area is 122 Å². The molecule has 2 N–H and O–H groups in total. The molecule has 110 valence electrons. The van der Waals surface area contributed by atoms with Crippen LogP contribution in [0.1, 0.15) is 36.8 Å². The minimum absolute atomic E-state index is 0.437.